The Morgan fingerprint density at radius 1 is 0.600 bits per heavy atom. The Labute approximate surface area is 227 Å². The summed E-state index contributed by atoms with van der Waals surface area (Å²) in [6.45, 7) is 0. The van der Waals surface area contributed by atoms with Crippen molar-refractivity contribution in [2.24, 2.45) is 0 Å². The van der Waals surface area contributed by atoms with Crippen LogP contribution in [0.2, 0.25) is 0 Å². The summed E-state index contributed by atoms with van der Waals surface area (Å²) >= 11 is -0.403. The third-order valence-electron chi connectivity index (χ3n) is 3.31. The van der Waals surface area contributed by atoms with Crippen molar-refractivity contribution >= 4 is 23.5 Å². The number of allylic oxidation sites excluding steroid dienone is 8. The molecule has 0 saturated carbocycles. The van der Waals surface area contributed by atoms with Crippen LogP contribution in [0.1, 0.15) is 12.8 Å². The van der Waals surface area contributed by atoms with E-state index >= 15 is 0 Å². The van der Waals surface area contributed by atoms with Gasteiger partial charge in [-0.1, -0.05) is 0 Å². The van der Waals surface area contributed by atoms with E-state index < -0.39 is 11.0 Å². The molecule has 2 nitrogen and oxygen atoms in total. The van der Waals surface area contributed by atoms with Crippen molar-refractivity contribution in [1.29, 1.82) is 0 Å². The molecule has 186 valence electrons. The first-order valence-corrected chi connectivity index (χ1v) is 11.1. The van der Waals surface area contributed by atoms with Crippen LogP contribution in [-0.2, 0) is 26.2 Å². The summed E-state index contributed by atoms with van der Waals surface area (Å²) in [6, 6.07) is 9.73. The van der Waals surface area contributed by atoms with Crippen LogP contribution in [0.3, 0.4) is 0 Å². The number of benzene rings is 2. The van der Waals surface area contributed by atoms with Crippen LogP contribution in [0.25, 0.3) is 0 Å². The summed E-state index contributed by atoms with van der Waals surface area (Å²) in [4.78, 5) is 0.139. The average Bonchev–Trinajstić information content (AvgIpc) is 3.49. The monoisotopic (exact) mass is 608 g/mol. The van der Waals surface area contributed by atoms with Crippen molar-refractivity contribution in [2.45, 2.75) is 33.6 Å². The Balaban J connectivity index is 0.000000468. The average molecular weight is 610 g/mol. The van der Waals surface area contributed by atoms with E-state index in [0.717, 1.165) is 12.8 Å². The number of aromatic hydroxyl groups is 2. The molecule has 0 spiro atoms. The van der Waals surface area contributed by atoms with E-state index in [2.05, 4.69) is 24.3 Å². The number of alkyl halides is 6. The van der Waals surface area contributed by atoms with Gasteiger partial charge in [0, 0.05) is 9.79 Å². The number of hydrogen-bond donors (Lipinski definition) is 2. The molecule has 2 N–H and O–H groups in total. The standard InChI is InChI=1S/2C7H5F3OS.2C5H5.Zr/c2*8-7(9,10)12-6-3-1-5(11)2-4-6;2*1-2-4-5-3-1;/h2*1-4,11H;2*1-3H,4H2;/q;;2*-1;+2. The van der Waals surface area contributed by atoms with Gasteiger partial charge in [0.1, 0.15) is 11.5 Å². The summed E-state index contributed by atoms with van der Waals surface area (Å²) in [5.41, 5.74) is -8.53. The normalized spacial score (nSPS) is 13.0. The molecule has 0 fully saturated rings. The largest absolute Gasteiger partial charge is 2.00 e. The van der Waals surface area contributed by atoms with Crippen LogP contribution in [0.4, 0.5) is 26.3 Å². The van der Waals surface area contributed by atoms with E-state index in [1.165, 1.54) is 48.5 Å². The number of phenolic OH excluding ortho intramolecular Hbond substituents is 2. The first-order chi connectivity index (χ1) is 15.9. The van der Waals surface area contributed by atoms with Crippen LogP contribution in [-0.4, -0.2) is 21.2 Å². The molecule has 4 rings (SSSR count). The molecule has 0 saturated heterocycles. The van der Waals surface area contributed by atoms with E-state index in [9.17, 15) is 26.3 Å². The maximum Gasteiger partial charge on any atom is 2.00 e. The van der Waals surface area contributed by atoms with Gasteiger partial charge >= 0.3 is 37.2 Å². The van der Waals surface area contributed by atoms with E-state index in [0.29, 0.717) is 0 Å². The molecule has 0 bridgehead atoms. The molecule has 2 aromatic rings. The summed E-state index contributed by atoms with van der Waals surface area (Å²) in [5, 5.41) is 17.5. The van der Waals surface area contributed by atoms with Crippen molar-refractivity contribution in [1.82, 2.24) is 0 Å². The van der Waals surface area contributed by atoms with Gasteiger partial charge in [0.15, 0.2) is 0 Å². The molecule has 0 radical (unpaired) electrons. The fraction of sp³-hybridized carbons (Fsp3) is 0.167. The molecule has 0 amide bonds. The summed E-state index contributed by atoms with van der Waals surface area (Å²) in [5.74, 6) is -0.0805. The van der Waals surface area contributed by atoms with Gasteiger partial charge in [-0.05, 0) is 72.1 Å². The van der Waals surface area contributed by atoms with Crippen molar-refractivity contribution in [3.63, 3.8) is 0 Å². The van der Waals surface area contributed by atoms with Gasteiger partial charge in [-0.3, -0.25) is 12.2 Å². The molecule has 2 aliphatic carbocycles. The molecular weight excluding hydrogens is 590 g/mol. The molecule has 0 unspecified atom stereocenters. The maximum absolute atomic E-state index is 11.7. The zero-order valence-electron chi connectivity index (χ0n) is 18.0. The molecular formula is C24H20F6O2S2Zr. The molecule has 2 aliphatic rings. The van der Waals surface area contributed by atoms with E-state index in [4.69, 9.17) is 10.2 Å². The number of thioether (sulfide) groups is 2. The van der Waals surface area contributed by atoms with Crippen LogP contribution < -0.4 is 0 Å². The fourth-order valence-corrected chi connectivity index (χ4v) is 3.05. The molecule has 2 aromatic carbocycles. The topological polar surface area (TPSA) is 40.5 Å². The Bertz CT molecular complexity index is 852. The Hall–Kier alpha value is -1.84. The van der Waals surface area contributed by atoms with Crippen molar-refractivity contribution in [3.05, 3.63) is 97.1 Å². The Morgan fingerprint density at radius 3 is 1.09 bits per heavy atom. The van der Waals surface area contributed by atoms with Gasteiger partial charge in [-0.15, -0.1) is 12.8 Å². The Morgan fingerprint density at radius 2 is 0.914 bits per heavy atom. The third kappa shape index (κ3) is 20.1. The maximum atomic E-state index is 11.7. The molecule has 35 heavy (non-hydrogen) atoms. The van der Waals surface area contributed by atoms with Crippen molar-refractivity contribution in [3.8, 4) is 11.5 Å². The quantitative estimate of drug-likeness (QED) is 0.203. The predicted molar refractivity (Wildman–Crippen MR) is 123 cm³/mol. The first kappa shape index (κ1) is 33.2. The zero-order valence-corrected chi connectivity index (χ0v) is 22.1. The van der Waals surface area contributed by atoms with E-state index in [1.54, 1.807) is 0 Å². The molecule has 0 aliphatic heterocycles. The SMILES string of the molecule is Oc1ccc(SC(F)(F)F)cc1.Oc1ccc(SC(F)(F)F)cc1.[C-]1=CC=CC1.[C-]1=CC=CC1.[Zr+2]. The van der Waals surface area contributed by atoms with E-state index in [-0.39, 0.29) is 71.0 Å². The van der Waals surface area contributed by atoms with Crippen LogP contribution in [0, 0.1) is 12.2 Å². The van der Waals surface area contributed by atoms with Crippen LogP contribution in [0.15, 0.2) is 94.8 Å². The minimum atomic E-state index is -4.27. The summed E-state index contributed by atoms with van der Waals surface area (Å²) in [7, 11) is 0. The second kappa shape index (κ2) is 17.6. The summed E-state index contributed by atoms with van der Waals surface area (Å²) < 4.78 is 70.5. The minimum absolute atomic E-state index is 0. The Kier molecular flexibility index (Phi) is 16.6. The first-order valence-electron chi connectivity index (χ1n) is 9.47. The van der Waals surface area contributed by atoms with Gasteiger partial charge in [0.05, 0.1) is 0 Å². The third-order valence-corrected chi connectivity index (χ3v) is 4.79. The fourth-order valence-electron chi connectivity index (χ4n) is 1.98. The van der Waals surface area contributed by atoms with Crippen molar-refractivity contribution in [2.75, 3.05) is 0 Å². The summed E-state index contributed by atoms with van der Waals surface area (Å²) in [6.07, 6.45) is 20.0. The molecule has 11 heteroatoms. The van der Waals surface area contributed by atoms with Gasteiger partial charge in [0.2, 0.25) is 0 Å². The minimum Gasteiger partial charge on any atom is -0.508 e. The smallest absolute Gasteiger partial charge is 0.508 e. The molecule has 0 aromatic heterocycles. The predicted octanol–water partition coefficient (Wildman–Crippen LogP) is 8.62. The molecule has 0 heterocycles. The molecule has 0 atom stereocenters. The van der Waals surface area contributed by atoms with E-state index in [1.807, 2.05) is 24.3 Å². The van der Waals surface area contributed by atoms with Gasteiger partial charge in [0.25, 0.3) is 0 Å². The zero-order chi connectivity index (χ0) is 25.5. The van der Waals surface area contributed by atoms with Crippen LogP contribution >= 0.6 is 23.5 Å². The second-order valence-corrected chi connectivity index (χ2v) is 8.37. The van der Waals surface area contributed by atoms with Gasteiger partial charge in [-0.25, -0.2) is 24.3 Å². The second-order valence-electron chi connectivity index (χ2n) is 6.09. The van der Waals surface area contributed by atoms with Crippen molar-refractivity contribution < 1.29 is 62.8 Å². The van der Waals surface area contributed by atoms with Gasteiger partial charge in [-0.2, -0.15) is 38.5 Å². The van der Waals surface area contributed by atoms with Gasteiger partial charge < -0.3 is 10.2 Å². The number of halogens is 6. The van der Waals surface area contributed by atoms with Crippen LogP contribution in [0.5, 0.6) is 11.5 Å². The number of hydrogen-bond acceptors (Lipinski definition) is 4. The number of rotatable bonds is 2. The number of phenols is 2.